The minimum Gasteiger partial charge on any atom is -0.310 e. The molecule has 0 radical (unpaired) electrons. The number of thiophene rings is 1. The van der Waals surface area contributed by atoms with E-state index in [1.807, 2.05) is 11.3 Å². The highest BCUT2D eigenvalue weighted by atomic mass is 32.1. The van der Waals surface area contributed by atoms with Crippen LogP contribution in [-0.2, 0) is 6.54 Å². The Morgan fingerprint density at radius 3 is 3.18 bits per heavy atom. The van der Waals surface area contributed by atoms with E-state index in [9.17, 15) is 0 Å². The molecule has 0 spiro atoms. The van der Waals surface area contributed by atoms with Gasteiger partial charge in [-0.05, 0) is 23.9 Å². The maximum atomic E-state index is 3.48. The summed E-state index contributed by atoms with van der Waals surface area (Å²) >= 11 is 1.90. The third-order valence-corrected chi connectivity index (χ3v) is 3.72. The highest BCUT2D eigenvalue weighted by Crippen LogP contribution is 2.31. The number of hydrogen-bond donors (Lipinski definition) is 1. The fraction of sp³-hybridized carbons (Fsp3) is 0.556. The zero-order valence-electron chi connectivity index (χ0n) is 6.92. The second-order valence-corrected chi connectivity index (χ2v) is 4.22. The summed E-state index contributed by atoms with van der Waals surface area (Å²) in [5.41, 5.74) is 1.50. The predicted molar refractivity (Wildman–Crippen MR) is 49.0 cm³/mol. The molecule has 11 heavy (non-hydrogen) atoms. The molecule has 2 atom stereocenters. The van der Waals surface area contributed by atoms with Crippen molar-refractivity contribution in [2.75, 3.05) is 0 Å². The lowest BCUT2D eigenvalue weighted by Gasteiger charge is -2.26. The van der Waals surface area contributed by atoms with Crippen LogP contribution in [0, 0.1) is 0 Å². The summed E-state index contributed by atoms with van der Waals surface area (Å²) in [4.78, 5) is 1.58. The van der Waals surface area contributed by atoms with E-state index >= 15 is 0 Å². The van der Waals surface area contributed by atoms with Crippen LogP contribution in [0.1, 0.15) is 30.2 Å². The van der Waals surface area contributed by atoms with Crippen molar-refractivity contribution in [3.8, 4) is 0 Å². The highest BCUT2D eigenvalue weighted by Gasteiger charge is 2.22. The first kappa shape index (κ1) is 7.32. The van der Waals surface area contributed by atoms with Gasteiger partial charge in [0.25, 0.3) is 0 Å². The highest BCUT2D eigenvalue weighted by molar-refractivity contribution is 7.10. The SMILES string of the molecule is CC1NCc2ccsc2C1C. The number of fused-ring (bicyclic) bond motifs is 1. The van der Waals surface area contributed by atoms with Gasteiger partial charge < -0.3 is 5.32 Å². The summed E-state index contributed by atoms with van der Waals surface area (Å²) < 4.78 is 0. The number of rotatable bonds is 0. The van der Waals surface area contributed by atoms with Gasteiger partial charge in [0, 0.05) is 23.4 Å². The molecule has 1 N–H and O–H groups in total. The Morgan fingerprint density at radius 2 is 2.36 bits per heavy atom. The molecule has 1 nitrogen and oxygen atoms in total. The van der Waals surface area contributed by atoms with E-state index in [-0.39, 0.29) is 0 Å². The Balaban J connectivity index is 2.38. The Labute approximate surface area is 71.4 Å². The van der Waals surface area contributed by atoms with Crippen molar-refractivity contribution in [3.05, 3.63) is 21.9 Å². The van der Waals surface area contributed by atoms with Gasteiger partial charge in [-0.15, -0.1) is 11.3 Å². The van der Waals surface area contributed by atoms with Crippen LogP contribution < -0.4 is 5.32 Å². The van der Waals surface area contributed by atoms with Crippen LogP contribution >= 0.6 is 11.3 Å². The Morgan fingerprint density at radius 1 is 1.55 bits per heavy atom. The summed E-state index contributed by atoms with van der Waals surface area (Å²) in [5, 5.41) is 5.68. The van der Waals surface area contributed by atoms with Crippen LogP contribution in [0.4, 0.5) is 0 Å². The maximum Gasteiger partial charge on any atom is 0.0219 e. The molecule has 2 rings (SSSR count). The second-order valence-electron chi connectivity index (χ2n) is 3.27. The first-order valence-electron chi connectivity index (χ1n) is 4.08. The molecule has 2 heteroatoms. The molecule has 0 aromatic carbocycles. The number of hydrogen-bond acceptors (Lipinski definition) is 2. The lowest BCUT2D eigenvalue weighted by molar-refractivity contribution is 0.456. The third kappa shape index (κ3) is 1.10. The van der Waals surface area contributed by atoms with E-state index in [0.717, 1.165) is 6.54 Å². The quantitative estimate of drug-likeness (QED) is 0.625. The van der Waals surface area contributed by atoms with Gasteiger partial charge in [-0.3, -0.25) is 0 Å². The van der Waals surface area contributed by atoms with Crippen molar-refractivity contribution >= 4 is 11.3 Å². The Kier molecular flexibility index (Phi) is 1.74. The monoisotopic (exact) mass is 167 g/mol. The molecule has 0 bridgehead atoms. The first-order chi connectivity index (χ1) is 5.29. The van der Waals surface area contributed by atoms with Crippen LogP contribution in [0.3, 0.4) is 0 Å². The maximum absolute atomic E-state index is 3.48. The molecule has 1 aromatic heterocycles. The van der Waals surface area contributed by atoms with Crippen molar-refractivity contribution in [2.45, 2.75) is 32.4 Å². The average Bonchev–Trinajstić information content (AvgIpc) is 2.45. The minimum atomic E-state index is 0.640. The van der Waals surface area contributed by atoms with Gasteiger partial charge in [0.15, 0.2) is 0 Å². The summed E-state index contributed by atoms with van der Waals surface area (Å²) in [6.07, 6.45) is 0. The fourth-order valence-corrected chi connectivity index (χ4v) is 2.66. The molecule has 60 valence electrons. The molecular weight excluding hydrogens is 154 g/mol. The summed E-state index contributed by atoms with van der Waals surface area (Å²) in [5.74, 6) is 0.693. The Hall–Kier alpha value is -0.340. The average molecular weight is 167 g/mol. The fourth-order valence-electron chi connectivity index (χ4n) is 1.57. The van der Waals surface area contributed by atoms with E-state index in [1.54, 1.807) is 4.88 Å². The molecule has 0 saturated carbocycles. The molecule has 0 amide bonds. The zero-order chi connectivity index (χ0) is 7.84. The van der Waals surface area contributed by atoms with Gasteiger partial charge >= 0.3 is 0 Å². The van der Waals surface area contributed by atoms with Crippen LogP contribution in [0.5, 0.6) is 0 Å². The first-order valence-corrected chi connectivity index (χ1v) is 4.96. The van der Waals surface area contributed by atoms with Gasteiger partial charge in [-0.2, -0.15) is 0 Å². The molecular formula is C9H13NS. The third-order valence-electron chi connectivity index (χ3n) is 2.56. The van der Waals surface area contributed by atoms with Crippen molar-refractivity contribution in [3.63, 3.8) is 0 Å². The van der Waals surface area contributed by atoms with Gasteiger partial charge in [-0.1, -0.05) is 6.92 Å². The van der Waals surface area contributed by atoms with E-state index in [1.165, 1.54) is 5.56 Å². The van der Waals surface area contributed by atoms with Crippen molar-refractivity contribution in [1.82, 2.24) is 5.32 Å². The standard InChI is InChI=1S/C9H13NS/c1-6-7(2)10-5-8-3-4-11-9(6)8/h3-4,6-7,10H,5H2,1-2H3. The minimum absolute atomic E-state index is 0.640. The summed E-state index contributed by atoms with van der Waals surface area (Å²) in [6, 6.07) is 2.87. The largest absolute Gasteiger partial charge is 0.310 e. The smallest absolute Gasteiger partial charge is 0.0219 e. The summed E-state index contributed by atoms with van der Waals surface area (Å²) in [6.45, 7) is 5.61. The molecule has 2 heterocycles. The second kappa shape index (κ2) is 2.61. The molecule has 1 aliphatic heterocycles. The lowest BCUT2D eigenvalue weighted by Crippen LogP contribution is -2.34. The molecule has 0 aliphatic carbocycles. The lowest BCUT2D eigenvalue weighted by atomic mass is 9.95. The zero-order valence-corrected chi connectivity index (χ0v) is 7.74. The molecule has 0 fully saturated rings. The molecule has 2 unspecified atom stereocenters. The number of nitrogens with one attached hydrogen (secondary N) is 1. The van der Waals surface area contributed by atoms with Crippen molar-refractivity contribution in [1.29, 1.82) is 0 Å². The topological polar surface area (TPSA) is 12.0 Å². The van der Waals surface area contributed by atoms with E-state index in [4.69, 9.17) is 0 Å². The summed E-state index contributed by atoms with van der Waals surface area (Å²) in [7, 11) is 0. The molecule has 0 saturated heterocycles. The van der Waals surface area contributed by atoms with E-state index in [0.29, 0.717) is 12.0 Å². The van der Waals surface area contributed by atoms with Crippen LogP contribution in [0.15, 0.2) is 11.4 Å². The predicted octanol–water partition coefficient (Wildman–Crippen LogP) is 2.34. The van der Waals surface area contributed by atoms with Gasteiger partial charge in [0.1, 0.15) is 0 Å². The van der Waals surface area contributed by atoms with Crippen molar-refractivity contribution < 1.29 is 0 Å². The molecule has 1 aliphatic rings. The Bertz CT molecular complexity index is 254. The van der Waals surface area contributed by atoms with Crippen LogP contribution in [-0.4, -0.2) is 6.04 Å². The van der Waals surface area contributed by atoms with Gasteiger partial charge in [0.05, 0.1) is 0 Å². The normalized spacial score (nSPS) is 30.0. The van der Waals surface area contributed by atoms with Gasteiger partial charge in [0.2, 0.25) is 0 Å². The van der Waals surface area contributed by atoms with Crippen LogP contribution in [0.2, 0.25) is 0 Å². The van der Waals surface area contributed by atoms with E-state index in [2.05, 4.69) is 30.6 Å². The van der Waals surface area contributed by atoms with Crippen LogP contribution in [0.25, 0.3) is 0 Å². The molecule has 1 aromatic rings. The van der Waals surface area contributed by atoms with Crippen molar-refractivity contribution in [2.24, 2.45) is 0 Å². The van der Waals surface area contributed by atoms with Gasteiger partial charge in [-0.25, -0.2) is 0 Å². The van der Waals surface area contributed by atoms with E-state index < -0.39 is 0 Å².